The lowest BCUT2D eigenvalue weighted by Crippen LogP contribution is -2.23. The molecule has 2 rings (SSSR count). The lowest BCUT2D eigenvalue weighted by molar-refractivity contribution is -0.119. The van der Waals surface area contributed by atoms with Crippen molar-refractivity contribution in [3.63, 3.8) is 0 Å². The minimum absolute atomic E-state index is 0.104. The highest BCUT2D eigenvalue weighted by molar-refractivity contribution is 9.10. The number of amides is 1. The van der Waals surface area contributed by atoms with Crippen LogP contribution in [0.4, 0.5) is 5.69 Å². The maximum atomic E-state index is 12.0. The highest BCUT2D eigenvalue weighted by Crippen LogP contribution is 2.17. The molecule has 1 aromatic carbocycles. The van der Waals surface area contributed by atoms with Gasteiger partial charge in [0.25, 0.3) is 0 Å². The minimum atomic E-state index is -0.361. The van der Waals surface area contributed by atoms with E-state index in [0.717, 1.165) is 14.6 Å². The number of aromatic nitrogens is 2. The smallest absolute Gasteiger partial charge is 0.248 e. The molecule has 0 bridgehead atoms. The second kappa shape index (κ2) is 5.67. The van der Waals surface area contributed by atoms with Gasteiger partial charge < -0.3 is 5.32 Å². The molecule has 1 atom stereocenters. The lowest BCUT2D eigenvalue weighted by Gasteiger charge is -2.12. The molecular weight excluding hydrogens is 362 g/mol. The van der Waals surface area contributed by atoms with E-state index in [-0.39, 0.29) is 11.9 Å². The van der Waals surface area contributed by atoms with Crippen LogP contribution in [0, 0.1) is 0 Å². The third kappa shape index (κ3) is 3.20. The molecule has 1 N–H and O–H groups in total. The van der Waals surface area contributed by atoms with Crippen LogP contribution in [0.25, 0.3) is 0 Å². The molecular formula is C12H11Br2N3O. The normalized spacial score (nSPS) is 12.2. The molecule has 94 valence electrons. The van der Waals surface area contributed by atoms with Crippen LogP contribution < -0.4 is 5.32 Å². The third-order valence-corrected chi connectivity index (χ3v) is 3.40. The van der Waals surface area contributed by atoms with E-state index in [2.05, 4.69) is 42.3 Å². The number of nitrogens with one attached hydrogen (secondary N) is 1. The topological polar surface area (TPSA) is 46.9 Å². The molecule has 0 saturated heterocycles. The Kier molecular flexibility index (Phi) is 4.19. The Balaban J connectivity index is 2.05. The summed E-state index contributed by atoms with van der Waals surface area (Å²) in [5.74, 6) is -0.104. The predicted octanol–water partition coefficient (Wildman–Crippen LogP) is 3.61. The molecule has 0 aliphatic rings. The van der Waals surface area contributed by atoms with Crippen molar-refractivity contribution in [2.75, 3.05) is 5.32 Å². The van der Waals surface area contributed by atoms with E-state index in [0.29, 0.717) is 0 Å². The maximum absolute atomic E-state index is 12.0. The first-order valence-electron chi connectivity index (χ1n) is 5.32. The van der Waals surface area contributed by atoms with Gasteiger partial charge in [-0.05, 0) is 47.1 Å². The summed E-state index contributed by atoms with van der Waals surface area (Å²) in [5.41, 5.74) is 0.765. The van der Waals surface area contributed by atoms with E-state index >= 15 is 0 Å². The highest BCUT2D eigenvalue weighted by atomic mass is 79.9. The first kappa shape index (κ1) is 13.3. The molecule has 0 radical (unpaired) electrons. The summed E-state index contributed by atoms with van der Waals surface area (Å²) >= 11 is 6.65. The van der Waals surface area contributed by atoms with Crippen molar-refractivity contribution in [3.8, 4) is 0 Å². The largest absolute Gasteiger partial charge is 0.324 e. The number of rotatable bonds is 3. The van der Waals surface area contributed by atoms with E-state index in [1.54, 1.807) is 24.0 Å². The summed E-state index contributed by atoms with van der Waals surface area (Å²) in [6, 6.07) is 7.08. The Morgan fingerprint density at radius 2 is 1.94 bits per heavy atom. The van der Waals surface area contributed by atoms with Gasteiger partial charge in [-0.1, -0.05) is 15.9 Å². The Labute approximate surface area is 122 Å². The van der Waals surface area contributed by atoms with Gasteiger partial charge in [-0.25, -0.2) is 0 Å². The summed E-state index contributed by atoms with van der Waals surface area (Å²) in [6.45, 7) is 1.80. The van der Waals surface area contributed by atoms with Crippen LogP contribution in [-0.2, 0) is 4.79 Å². The number of anilines is 1. The first-order valence-corrected chi connectivity index (χ1v) is 6.91. The van der Waals surface area contributed by atoms with E-state index < -0.39 is 0 Å². The Morgan fingerprint density at radius 3 is 2.50 bits per heavy atom. The van der Waals surface area contributed by atoms with Gasteiger partial charge in [0.1, 0.15) is 6.04 Å². The van der Waals surface area contributed by atoms with Crippen LogP contribution in [0.2, 0.25) is 0 Å². The van der Waals surface area contributed by atoms with Gasteiger partial charge in [-0.2, -0.15) is 5.10 Å². The molecule has 1 aromatic heterocycles. The maximum Gasteiger partial charge on any atom is 0.248 e. The number of carbonyl (C=O) groups excluding carboxylic acids is 1. The second-order valence-corrected chi connectivity index (χ2v) is 5.64. The molecule has 0 fully saturated rings. The van der Waals surface area contributed by atoms with Crippen molar-refractivity contribution in [1.82, 2.24) is 9.78 Å². The number of hydrogen-bond acceptors (Lipinski definition) is 2. The molecule has 6 heteroatoms. The molecule has 1 amide bonds. The fourth-order valence-electron chi connectivity index (χ4n) is 1.43. The van der Waals surface area contributed by atoms with Crippen LogP contribution in [0.15, 0.2) is 45.6 Å². The number of carbonyl (C=O) groups is 1. The summed E-state index contributed by atoms with van der Waals surface area (Å²) < 4.78 is 3.44. The monoisotopic (exact) mass is 371 g/mol. The zero-order valence-corrected chi connectivity index (χ0v) is 12.8. The summed E-state index contributed by atoms with van der Waals surface area (Å²) in [4.78, 5) is 12.0. The first-order chi connectivity index (χ1) is 8.56. The van der Waals surface area contributed by atoms with Crippen LogP contribution >= 0.6 is 31.9 Å². The average Bonchev–Trinajstić information content (AvgIpc) is 2.78. The van der Waals surface area contributed by atoms with Crippen molar-refractivity contribution in [3.05, 3.63) is 45.6 Å². The van der Waals surface area contributed by atoms with Gasteiger partial charge in [-0.15, -0.1) is 0 Å². The predicted molar refractivity (Wildman–Crippen MR) is 77.4 cm³/mol. The Hall–Kier alpha value is -1.14. The van der Waals surface area contributed by atoms with Crippen molar-refractivity contribution in [2.45, 2.75) is 13.0 Å². The van der Waals surface area contributed by atoms with Crippen molar-refractivity contribution in [1.29, 1.82) is 0 Å². The Bertz CT molecular complexity index is 551. The molecule has 0 spiro atoms. The quantitative estimate of drug-likeness (QED) is 0.894. The minimum Gasteiger partial charge on any atom is -0.324 e. The molecule has 2 aromatic rings. The van der Waals surface area contributed by atoms with Gasteiger partial charge in [0.05, 0.1) is 10.7 Å². The van der Waals surface area contributed by atoms with E-state index in [4.69, 9.17) is 0 Å². The van der Waals surface area contributed by atoms with Gasteiger partial charge in [0, 0.05) is 16.4 Å². The van der Waals surface area contributed by atoms with Gasteiger partial charge in [0.2, 0.25) is 5.91 Å². The number of nitrogens with zero attached hydrogens (tertiary/aromatic N) is 2. The standard InChI is InChI=1S/C12H11Br2N3O/c1-8(17-7-10(14)6-15-17)12(18)16-11-4-2-9(13)3-5-11/h2-8H,1H3,(H,16,18)/t8-/m0/s1. The zero-order chi connectivity index (χ0) is 13.1. The van der Waals surface area contributed by atoms with Gasteiger partial charge in [0.15, 0.2) is 0 Å². The molecule has 0 aliphatic carbocycles. The fraction of sp³-hybridized carbons (Fsp3) is 0.167. The lowest BCUT2D eigenvalue weighted by atomic mass is 10.3. The van der Waals surface area contributed by atoms with Crippen LogP contribution in [0.5, 0.6) is 0 Å². The third-order valence-electron chi connectivity index (χ3n) is 2.46. The van der Waals surface area contributed by atoms with Crippen molar-refractivity contribution >= 4 is 43.5 Å². The van der Waals surface area contributed by atoms with Crippen LogP contribution in [0.1, 0.15) is 13.0 Å². The van der Waals surface area contributed by atoms with Crippen LogP contribution in [-0.4, -0.2) is 15.7 Å². The second-order valence-electron chi connectivity index (χ2n) is 3.81. The number of halogens is 2. The fourth-order valence-corrected chi connectivity index (χ4v) is 1.99. The van der Waals surface area contributed by atoms with Gasteiger partial charge in [-0.3, -0.25) is 9.48 Å². The van der Waals surface area contributed by atoms with E-state index in [1.807, 2.05) is 24.3 Å². The number of hydrogen-bond donors (Lipinski definition) is 1. The van der Waals surface area contributed by atoms with Crippen molar-refractivity contribution < 1.29 is 4.79 Å². The van der Waals surface area contributed by atoms with E-state index in [9.17, 15) is 4.79 Å². The zero-order valence-electron chi connectivity index (χ0n) is 9.60. The average molecular weight is 373 g/mol. The highest BCUT2D eigenvalue weighted by Gasteiger charge is 2.15. The summed E-state index contributed by atoms with van der Waals surface area (Å²) in [6.07, 6.45) is 3.43. The molecule has 1 heterocycles. The molecule has 0 aliphatic heterocycles. The SMILES string of the molecule is C[C@@H](C(=O)Nc1ccc(Br)cc1)n1cc(Br)cn1. The van der Waals surface area contributed by atoms with Crippen LogP contribution in [0.3, 0.4) is 0 Å². The molecule has 0 saturated carbocycles. The molecule has 18 heavy (non-hydrogen) atoms. The van der Waals surface area contributed by atoms with Gasteiger partial charge >= 0.3 is 0 Å². The van der Waals surface area contributed by atoms with E-state index in [1.165, 1.54) is 0 Å². The molecule has 4 nitrogen and oxygen atoms in total. The summed E-state index contributed by atoms with van der Waals surface area (Å²) in [7, 11) is 0. The summed E-state index contributed by atoms with van der Waals surface area (Å²) in [5, 5.41) is 6.93. The number of benzene rings is 1. The Morgan fingerprint density at radius 1 is 1.28 bits per heavy atom. The van der Waals surface area contributed by atoms with Crippen molar-refractivity contribution in [2.24, 2.45) is 0 Å². The molecule has 0 unspecified atom stereocenters.